The van der Waals surface area contributed by atoms with Crippen molar-refractivity contribution in [3.8, 4) is 0 Å². The largest absolute Gasteiger partial charge is 0.350 e. The topological polar surface area (TPSA) is 69.7 Å². The van der Waals surface area contributed by atoms with Gasteiger partial charge >= 0.3 is 0 Å². The summed E-state index contributed by atoms with van der Waals surface area (Å²) in [5.74, 6) is -0.262. The third kappa shape index (κ3) is 6.18. The molecule has 7 heteroatoms. The highest BCUT2D eigenvalue weighted by atomic mass is 32.2. The van der Waals surface area contributed by atoms with Gasteiger partial charge in [-0.3, -0.25) is 4.79 Å². The quantitative estimate of drug-likeness (QED) is 0.625. The van der Waals surface area contributed by atoms with Crippen LogP contribution in [0.15, 0.2) is 59.5 Å². The molecular formula is C25H35N3O3S. The number of nitrogens with one attached hydrogen (secondary N) is 1. The molecule has 2 aromatic rings. The standard InChI is InChI=1S/C25H35N3O3S/c1-27(2)23(17-20-11-6-4-7-12-20)19-26-25(29)21-13-10-16-24(18-21)32(30,31)28(3)22-14-8-5-9-15-22/h4,6-7,10-13,16,18,22-23H,5,8-9,14-15,17,19H2,1-3H3,(H,26,29)/t23-/m0/s1. The maximum Gasteiger partial charge on any atom is 0.251 e. The zero-order valence-electron chi connectivity index (χ0n) is 19.3. The number of carbonyl (C=O) groups is 1. The van der Waals surface area contributed by atoms with E-state index < -0.39 is 10.0 Å². The van der Waals surface area contributed by atoms with Crippen molar-refractivity contribution in [3.05, 3.63) is 65.7 Å². The first kappa shape index (κ1) is 24.4. The van der Waals surface area contributed by atoms with E-state index in [4.69, 9.17) is 0 Å². The summed E-state index contributed by atoms with van der Waals surface area (Å²) in [6.45, 7) is 0.472. The molecule has 0 bridgehead atoms. The maximum absolute atomic E-state index is 13.2. The molecule has 0 radical (unpaired) electrons. The lowest BCUT2D eigenvalue weighted by atomic mass is 9.96. The van der Waals surface area contributed by atoms with Gasteiger partial charge in [-0.2, -0.15) is 4.31 Å². The summed E-state index contributed by atoms with van der Waals surface area (Å²) in [5.41, 5.74) is 1.57. The third-order valence-corrected chi connectivity index (χ3v) is 8.31. The minimum Gasteiger partial charge on any atom is -0.350 e. The van der Waals surface area contributed by atoms with Gasteiger partial charge in [0.2, 0.25) is 10.0 Å². The van der Waals surface area contributed by atoms with Crippen LogP contribution in [0.5, 0.6) is 0 Å². The summed E-state index contributed by atoms with van der Waals surface area (Å²) < 4.78 is 27.8. The third-order valence-electron chi connectivity index (χ3n) is 6.40. The first-order chi connectivity index (χ1) is 15.3. The molecule has 3 rings (SSSR count). The van der Waals surface area contributed by atoms with Gasteiger partial charge in [0.15, 0.2) is 0 Å². The molecule has 6 nitrogen and oxygen atoms in total. The van der Waals surface area contributed by atoms with Gasteiger partial charge in [0.1, 0.15) is 0 Å². The minimum absolute atomic E-state index is 0.0325. The van der Waals surface area contributed by atoms with Gasteiger partial charge in [-0.1, -0.05) is 55.7 Å². The zero-order valence-corrected chi connectivity index (χ0v) is 20.1. The molecule has 0 aliphatic heterocycles. The first-order valence-electron chi connectivity index (χ1n) is 11.4. The number of nitrogens with zero attached hydrogens (tertiary/aromatic N) is 2. The van der Waals surface area contributed by atoms with Gasteiger partial charge in [-0.15, -0.1) is 0 Å². The van der Waals surface area contributed by atoms with Crippen LogP contribution in [0, 0.1) is 0 Å². The second-order valence-corrected chi connectivity index (χ2v) is 10.9. The molecule has 0 aromatic heterocycles. The molecule has 1 saturated carbocycles. The lowest BCUT2D eigenvalue weighted by molar-refractivity contribution is 0.0941. The van der Waals surface area contributed by atoms with Gasteiger partial charge < -0.3 is 10.2 Å². The van der Waals surface area contributed by atoms with Crippen LogP contribution < -0.4 is 5.32 Å². The normalized spacial score (nSPS) is 16.3. The van der Waals surface area contributed by atoms with Crippen molar-refractivity contribution in [2.24, 2.45) is 0 Å². The Morgan fingerprint density at radius 1 is 1.00 bits per heavy atom. The molecule has 0 saturated heterocycles. The van der Waals surface area contributed by atoms with Crippen LogP contribution in [-0.2, 0) is 16.4 Å². The number of amides is 1. The molecule has 1 fully saturated rings. The van der Waals surface area contributed by atoms with Crippen LogP contribution in [-0.4, -0.2) is 63.3 Å². The molecule has 1 aliphatic rings. The predicted molar refractivity (Wildman–Crippen MR) is 128 cm³/mol. The Morgan fingerprint density at radius 3 is 2.34 bits per heavy atom. The first-order valence-corrected chi connectivity index (χ1v) is 12.8. The summed E-state index contributed by atoms with van der Waals surface area (Å²) in [7, 11) is 2.01. The number of hydrogen-bond acceptors (Lipinski definition) is 4. The van der Waals surface area contributed by atoms with Gasteiger partial charge in [-0.25, -0.2) is 8.42 Å². The summed E-state index contributed by atoms with van der Waals surface area (Å²) in [4.78, 5) is 15.1. The Labute approximate surface area is 192 Å². The lowest BCUT2D eigenvalue weighted by Crippen LogP contribution is -2.41. The van der Waals surface area contributed by atoms with E-state index in [1.54, 1.807) is 25.2 Å². The van der Waals surface area contributed by atoms with Crippen molar-refractivity contribution >= 4 is 15.9 Å². The monoisotopic (exact) mass is 457 g/mol. The number of rotatable bonds is 9. The second-order valence-electron chi connectivity index (χ2n) is 8.86. The minimum atomic E-state index is -3.63. The van der Waals surface area contributed by atoms with Crippen LogP contribution in [0.1, 0.15) is 48.0 Å². The fourth-order valence-corrected chi connectivity index (χ4v) is 5.70. The molecule has 0 unspecified atom stereocenters. The van der Waals surface area contributed by atoms with E-state index in [1.165, 1.54) is 15.9 Å². The Morgan fingerprint density at radius 2 is 1.69 bits per heavy atom. The van der Waals surface area contributed by atoms with Crippen molar-refractivity contribution in [2.75, 3.05) is 27.7 Å². The molecule has 2 aromatic carbocycles. The number of likely N-dealkylation sites (N-methyl/N-ethyl adjacent to an activating group) is 1. The average molecular weight is 458 g/mol. The summed E-state index contributed by atoms with van der Waals surface area (Å²) >= 11 is 0. The van der Waals surface area contributed by atoms with E-state index in [9.17, 15) is 13.2 Å². The Hall–Kier alpha value is -2.22. The highest BCUT2D eigenvalue weighted by Crippen LogP contribution is 2.26. The highest BCUT2D eigenvalue weighted by Gasteiger charge is 2.29. The molecule has 0 heterocycles. The fourth-order valence-electron chi connectivity index (χ4n) is 4.24. The SMILES string of the molecule is CN(C)[C@H](CNC(=O)c1cccc(S(=O)(=O)N(C)C2CCCCC2)c1)Cc1ccccc1. The highest BCUT2D eigenvalue weighted by molar-refractivity contribution is 7.89. The van der Waals surface area contributed by atoms with Crippen LogP contribution in [0.4, 0.5) is 0 Å². The van der Waals surface area contributed by atoms with Crippen LogP contribution in [0.2, 0.25) is 0 Å². The van der Waals surface area contributed by atoms with E-state index in [2.05, 4.69) is 22.3 Å². The van der Waals surface area contributed by atoms with E-state index in [0.29, 0.717) is 12.1 Å². The number of carbonyl (C=O) groups excluding carboxylic acids is 1. The van der Waals surface area contributed by atoms with Crippen LogP contribution in [0.25, 0.3) is 0 Å². The number of sulfonamides is 1. The van der Waals surface area contributed by atoms with Gasteiger partial charge in [0, 0.05) is 31.2 Å². The smallest absolute Gasteiger partial charge is 0.251 e. The Kier molecular flexibility index (Phi) is 8.45. The van der Waals surface area contributed by atoms with E-state index >= 15 is 0 Å². The van der Waals surface area contributed by atoms with E-state index in [-0.39, 0.29) is 22.9 Å². The average Bonchev–Trinajstić information content (AvgIpc) is 2.82. The molecular weight excluding hydrogens is 422 g/mol. The Balaban J connectivity index is 1.67. The molecule has 174 valence electrons. The van der Waals surface area contributed by atoms with Crippen molar-refractivity contribution in [3.63, 3.8) is 0 Å². The van der Waals surface area contributed by atoms with Crippen LogP contribution in [0.3, 0.4) is 0 Å². The molecule has 1 amide bonds. The summed E-state index contributed by atoms with van der Waals surface area (Å²) in [6.07, 6.45) is 5.88. The van der Waals surface area contributed by atoms with Crippen molar-refractivity contribution < 1.29 is 13.2 Å². The van der Waals surface area contributed by atoms with Crippen molar-refractivity contribution in [1.82, 2.24) is 14.5 Å². The van der Waals surface area contributed by atoms with Crippen LogP contribution >= 0.6 is 0 Å². The van der Waals surface area contributed by atoms with Crippen molar-refractivity contribution in [2.45, 2.75) is 55.5 Å². The fraction of sp³-hybridized carbons (Fsp3) is 0.480. The molecule has 32 heavy (non-hydrogen) atoms. The molecule has 1 N–H and O–H groups in total. The Bertz CT molecular complexity index is 987. The van der Waals surface area contributed by atoms with Crippen molar-refractivity contribution in [1.29, 1.82) is 0 Å². The number of benzene rings is 2. The maximum atomic E-state index is 13.2. The lowest BCUT2D eigenvalue weighted by Gasteiger charge is -2.30. The van der Waals surface area contributed by atoms with Gasteiger partial charge in [0.05, 0.1) is 4.90 Å². The predicted octanol–water partition coefficient (Wildman–Crippen LogP) is 3.54. The second kappa shape index (κ2) is 11.1. The molecule has 0 spiro atoms. The van der Waals surface area contributed by atoms with E-state index in [0.717, 1.165) is 38.5 Å². The van der Waals surface area contributed by atoms with Gasteiger partial charge in [0.25, 0.3) is 5.91 Å². The number of hydrogen-bond donors (Lipinski definition) is 1. The summed E-state index contributed by atoms with van der Waals surface area (Å²) in [6, 6.07) is 16.7. The van der Waals surface area contributed by atoms with E-state index in [1.807, 2.05) is 32.3 Å². The molecule has 1 atom stereocenters. The molecule has 1 aliphatic carbocycles. The summed E-state index contributed by atoms with van der Waals surface area (Å²) in [5, 5.41) is 2.98. The zero-order chi connectivity index (χ0) is 23.1. The van der Waals surface area contributed by atoms with Gasteiger partial charge in [-0.05, 0) is 57.1 Å².